The average Bonchev–Trinajstić information content (AvgIpc) is 2.34. The average molecular weight is 237 g/mol. The maximum atomic E-state index is 9.19. The van der Waals surface area contributed by atoms with Crippen LogP contribution in [0.2, 0.25) is 0 Å². The van der Waals surface area contributed by atoms with E-state index in [1.807, 2.05) is 24.9 Å². The molecule has 1 atom stereocenters. The molecule has 96 valence electrons. The highest BCUT2D eigenvalue weighted by molar-refractivity contribution is 5.46. The molecule has 0 spiro atoms. The van der Waals surface area contributed by atoms with Crippen LogP contribution in [0, 0.1) is 0 Å². The fourth-order valence-corrected chi connectivity index (χ4v) is 1.53. The van der Waals surface area contributed by atoms with Crippen LogP contribution in [0.1, 0.15) is 26.3 Å². The van der Waals surface area contributed by atoms with E-state index in [1.54, 1.807) is 6.20 Å². The second-order valence-electron chi connectivity index (χ2n) is 4.66. The first-order valence-corrected chi connectivity index (χ1v) is 6.07. The van der Waals surface area contributed by atoms with Gasteiger partial charge in [-0.1, -0.05) is 19.9 Å². The largest absolute Gasteiger partial charge is 0.394 e. The number of likely N-dealkylation sites (N-methyl/N-ethyl adjacent to an activating group) is 1. The minimum absolute atomic E-state index is 0.0719. The van der Waals surface area contributed by atoms with E-state index < -0.39 is 0 Å². The number of aliphatic hydroxyl groups is 1. The zero-order valence-corrected chi connectivity index (χ0v) is 11.1. The van der Waals surface area contributed by atoms with E-state index in [0.717, 1.165) is 17.9 Å². The van der Waals surface area contributed by atoms with Crippen molar-refractivity contribution in [3.8, 4) is 0 Å². The summed E-state index contributed by atoms with van der Waals surface area (Å²) in [6.45, 7) is 7.15. The number of pyridine rings is 1. The highest BCUT2D eigenvalue weighted by Gasteiger charge is 2.13. The maximum absolute atomic E-state index is 9.19. The molecule has 1 rings (SSSR count). The van der Waals surface area contributed by atoms with Crippen LogP contribution in [0.4, 0.5) is 5.82 Å². The van der Waals surface area contributed by atoms with Crippen LogP contribution in [-0.4, -0.2) is 35.8 Å². The van der Waals surface area contributed by atoms with Crippen molar-refractivity contribution in [3.05, 3.63) is 23.9 Å². The number of rotatable bonds is 6. The van der Waals surface area contributed by atoms with Gasteiger partial charge in [0.25, 0.3) is 0 Å². The predicted molar refractivity (Wildman–Crippen MR) is 71.2 cm³/mol. The molecule has 1 aromatic heterocycles. The standard InChI is InChI=1S/C13H23N3O/c1-10(2)15-8-12-6-5-7-14-13(12)16(4)11(3)9-17/h5-7,10-11,15,17H,8-9H2,1-4H3. The van der Waals surface area contributed by atoms with E-state index in [4.69, 9.17) is 0 Å². The van der Waals surface area contributed by atoms with Gasteiger partial charge in [0.2, 0.25) is 0 Å². The zero-order valence-electron chi connectivity index (χ0n) is 11.1. The lowest BCUT2D eigenvalue weighted by Crippen LogP contribution is -2.34. The Labute approximate surface area is 104 Å². The molecule has 2 N–H and O–H groups in total. The maximum Gasteiger partial charge on any atom is 0.133 e. The molecule has 0 bridgehead atoms. The molecule has 0 fully saturated rings. The molecule has 0 amide bonds. The quantitative estimate of drug-likeness (QED) is 0.785. The van der Waals surface area contributed by atoms with E-state index in [9.17, 15) is 5.11 Å². The molecule has 0 aromatic carbocycles. The van der Waals surface area contributed by atoms with E-state index in [2.05, 4.69) is 30.2 Å². The van der Waals surface area contributed by atoms with Crippen molar-refractivity contribution in [3.63, 3.8) is 0 Å². The van der Waals surface area contributed by atoms with Gasteiger partial charge < -0.3 is 15.3 Å². The second kappa shape index (κ2) is 6.57. The van der Waals surface area contributed by atoms with Gasteiger partial charge in [-0.3, -0.25) is 0 Å². The Morgan fingerprint density at radius 3 is 2.71 bits per heavy atom. The van der Waals surface area contributed by atoms with Crippen LogP contribution in [0.15, 0.2) is 18.3 Å². The molecule has 0 aliphatic rings. The van der Waals surface area contributed by atoms with Crippen LogP contribution in [0.25, 0.3) is 0 Å². The number of hydrogen-bond donors (Lipinski definition) is 2. The summed E-state index contributed by atoms with van der Waals surface area (Å²) in [6, 6.07) is 4.53. The minimum Gasteiger partial charge on any atom is -0.394 e. The summed E-state index contributed by atoms with van der Waals surface area (Å²) in [4.78, 5) is 6.41. The number of aliphatic hydroxyl groups excluding tert-OH is 1. The fraction of sp³-hybridized carbons (Fsp3) is 0.615. The number of aromatic nitrogens is 1. The van der Waals surface area contributed by atoms with Gasteiger partial charge in [-0.05, 0) is 13.0 Å². The van der Waals surface area contributed by atoms with E-state index >= 15 is 0 Å². The summed E-state index contributed by atoms with van der Waals surface area (Å²) >= 11 is 0. The lowest BCUT2D eigenvalue weighted by molar-refractivity contribution is 0.269. The summed E-state index contributed by atoms with van der Waals surface area (Å²) in [6.07, 6.45) is 1.79. The fourth-order valence-electron chi connectivity index (χ4n) is 1.53. The third-order valence-electron chi connectivity index (χ3n) is 2.83. The summed E-state index contributed by atoms with van der Waals surface area (Å²) in [7, 11) is 1.96. The highest BCUT2D eigenvalue weighted by atomic mass is 16.3. The van der Waals surface area contributed by atoms with Gasteiger partial charge in [-0.25, -0.2) is 4.98 Å². The Bertz CT molecular complexity index is 341. The third kappa shape index (κ3) is 3.98. The molecule has 4 heteroatoms. The van der Waals surface area contributed by atoms with Gasteiger partial charge in [-0.2, -0.15) is 0 Å². The molecule has 1 heterocycles. The first-order chi connectivity index (χ1) is 8.06. The summed E-state index contributed by atoms with van der Waals surface area (Å²) in [5, 5.41) is 12.6. The number of hydrogen-bond acceptors (Lipinski definition) is 4. The second-order valence-corrected chi connectivity index (χ2v) is 4.66. The molecule has 0 aliphatic carbocycles. The van der Waals surface area contributed by atoms with Crippen molar-refractivity contribution in [2.45, 2.75) is 39.4 Å². The third-order valence-corrected chi connectivity index (χ3v) is 2.83. The lowest BCUT2D eigenvalue weighted by atomic mass is 10.2. The highest BCUT2D eigenvalue weighted by Crippen LogP contribution is 2.17. The van der Waals surface area contributed by atoms with Crippen molar-refractivity contribution in [1.82, 2.24) is 10.3 Å². The van der Waals surface area contributed by atoms with Crippen LogP contribution in [0.5, 0.6) is 0 Å². The summed E-state index contributed by atoms with van der Waals surface area (Å²) in [5.41, 5.74) is 1.16. The number of nitrogens with one attached hydrogen (secondary N) is 1. The molecule has 1 unspecified atom stereocenters. The van der Waals surface area contributed by atoms with Crippen molar-refractivity contribution in [2.24, 2.45) is 0 Å². The SMILES string of the molecule is CC(C)NCc1cccnc1N(C)C(C)CO. The van der Waals surface area contributed by atoms with Gasteiger partial charge in [0.1, 0.15) is 5.82 Å². The Hall–Kier alpha value is -1.13. The topological polar surface area (TPSA) is 48.4 Å². The summed E-state index contributed by atoms with van der Waals surface area (Å²) < 4.78 is 0. The van der Waals surface area contributed by atoms with Gasteiger partial charge >= 0.3 is 0 Å². The Morgan fingerprint density at radius 2 is 2.12 bits per heavy atom. The van der Waals surface area contributed by atoms with E-state index in [0.29, 0.717) is 6.04 Å². The molecule has 1 aromatic rings. The van der Waals surface area contributed by atoms with Crippen LogP contribution < -0.4 is 10.2 Å². The monoisotopic (exact) mass is 237 g/mol. The van der Waals surface area contributed by atoms with Gasteiger partial charge in [0.15, 0.2) is 0 Å². The van der Waals surface area contributed by atoms with Crippen molar-refractivity contribution >= 4 is 5.82 Å². The van der Waals surface area contributed by atoms with Gasteiger partial charge in [0, 0.05) is 31.4 Å². The van der Waals surface area contributed by atoms with Crippen LogP contribution in [0.3, 0.4) is 0 Å². The lowest BCUT2D eigenvalue weighted by Gasteiger charge is -2.26. The van der Waals surface area contributed by atoms with Crippen molar-refractivity contribution in [1.29, 1.82) is 0 Å². The van der Waals surface area contributed by atoms with E-state index in [-0.39, 0.29) is 12.6 Å². The Balaban J connectivity index is 2.83. The smallest absolute Gasteiger partial charge is 0.133 e. The molecule has 0 aliphatic heterocycles. The molecular weight excluding hydrogens is 214 g/mol. The van der Waals surface area contributed by atoms with Gasteiger partial charge in [0.05, 0.1) is 12.6 Å². The number of nitrogens with zero attached hydrogens (tertiary/aromatic N) is 2. The molecule has 4 nitrogen and oxygen atoms in total. The Morgan fingerprint density at radius 1 is 1.41 bits per heavy atom. The molecular formula is C13H23N3O. The van der Waals surface area contributed by atoms with Crippen molar-refractivity contribution in [2.75, 3.05) is 18.6 Å². The first kappa shape index (κ1) is 13.9. The summed E-state index contributed by atoms with van der Waals surface area (Å²) in [5.74, 6) is 0.933. The predicted octanol–water partition coefficient (Wildman–Crippen LogP) is 1.40. The normalized spacial score (nSPS) is 12.8. The molecule has 17 heavy (non-hydrogen) atoms. The molecule has 0 saturated carbocycles. The molecule has 0 saturated heterocycles. The van der Waals surface area contributed by atoms with E-state index in [1.165, 1.54) is 0 Å². The minimum atomic E-state index is 0.0719. The first-order valence-electron chi connectivity index (χ1n) is 6.07. The molecule has 0 radical (unpaired) electrons. The van der Waals surface area contributed by atoms with Crippen molar-refractivity contribution < 1.29 is 5.11 Å². The van der Waals surface area contributed by atoms with Gasteiger partial charge in [-0.15, -0.1) is 0 Å². The zero-order chi connectivity index (χ0) is 12.8. The van der Waals surface area contributed by atoms with Crippen LogP contribution in [-0.2, 0) is 6.54 Å². The van der Waals surface area contributed by atoms with Crippen LogP contribution >= 0.6 is 0 Å². The Kier molecular flexibility index (Phi) is 5.38. The number of anilines is 1.